The monoisotopic (exact) mass is 360 g/mol. The smallest absolute Gasteiger partial charge is 0.258 e. The number of nitrogens with zero attached hydrogens (tertiary/aromatic N) is 1. The van der Waals surface area contributed by atoms with Crippen molar-refractivity contribution in [2.24, 2.45) is 0 Å². The molecule has 2 aromatic carbocycles. The van der Waals surface area contributed by atoms with Gasteiger partial charge in [0.25, 0.3) is 5.91 Å². The number of anilines is 1. The maximum absolute atomic E-state index is 13.4. The number of benzene rings is 2. The summed E-state index contributed by atoms with van der Waals surface area (Å²) >= 11 is 0. The first kappa shape index (κ1) is 17.8. The molecule has 136 valence electrons. The lowest BCUT2D eigenvalue weighted by Crippen LogP contribution is -2.28. The first-order valence-electron chi connectivity index (χ1n) is 8.27. The van der Waals surface area contributed by atoms with E-state index in [2.05, 4.69) is 5.32 Å². The molecule has 0 spiro atoms. The summed E-state index contributed by atoms with van der Waals surface area (Å²) < 4.78 is 31.3. The first-order valence-corrected chi connectivity index (χ1v) is 8.27. The van der Waals surface area contributed by atoms with E-state index in [9.17, 15) is 18.4 Å². The highest BCUT2D eigenvalue weighted by molar-refractivity contribution is 5.95. The van der Waals surface area contributed by atoms with Crippen molar-refractivity contribution >= 4 is 17.5 Å². The summed E-state index contributed by atoms with van der Waals surface area (Å²) in [6.07, 6.45) is 1.44. The van der Waals surface area contributed by atoms with Crippen LogP contribution in [0.5, 0.6) is 5.75 Å². The molecule has 0 atom stereocenters. The lowest BCUT2D eigenvalue weighted by molar-refractivity contribution is -0.123. The fraction of sp³-hybridized carbons (Fsp3) is 0.263. The van der Waals surface area contributed by atoms with Crippen molar-refractivity contribution in [3.63, 3.8) is 0 Å². The summed E-state index contributed by atoms with van der Waals surface area (Å²) in [4.78, 5) is 25.3. The molecule has 0 unspecified atom stereocenters. The molecular weight excluding hydrogens is 342 g/mol. The van der Waals surface area contributed by atoms with Crippen molar-refractivity contribution in [3.05, 3.63) is 59.7 Å². The van der Waals surface area contributed by atoms with Crippen molar-refractivity contribution in [1.29, 1.82) is 0 Å². The predicted octanol–water partition coefficient (Wildman–Crippen LogP) is 2.79. The molecule has 1 saturated heterocycles. The Morgan fingerprint density at radius 3 is 2.58 bits per heavy atom. The van der Waals surface area contributed by atoms with Gasteiger partial charge in [-0.25, -0.2) is 8.78 Å². The number of hydrogen-bond acceptors (Lipinski definition) is 3. The van der Waals surface area contributed by atoms with Crippen LogP contribution in [-0.4, -0.2) is 25.0 Å². The van der Waals surface area contributed by atoms with Gasteiger partial charge in [-0.2, -0.15) is 0 Å². The Labute approximate surface area is 149 Å². The lowest BCUT2D eigenvalue weighted by atomic mass is 10.2. The van der Waals surface area contributed by atoms with Crippen molar-refractivity contribution in [2.45, 2.75) is 19.4 Å². The molecule has 2 aromatic rings. The van der Waals surface area contributed by atoms with Gasteiger partial charge in [-0.1, -0.05) is 12.1 Å². The highest BCUT2D eigenvalue weighted by Gasteiger charge is 2.21. The number of ether oxygens (including phenoxy) is 1. The van der Waals surface area contributed by atoms with Gasteiger partial charge < -0.3 is 15.0 Å². The van der Waals surface area contributed by atoms with E-state index in [0.29, 0.717) is 12.5 Å². The molecule has 3 rings (SSSR count). The van der Waals surface area contributed by atoms with Crippen molar-refractivity contribution in [3.8, 4) is 5.75 Å². The molecule has 1 fully saturated rings. The molecular formula is C19H18F2N2O3. The summed E-state index contributed by atoms with van der Waals surface area (Å²) in [7, 11) is 0. The van der Waals surface area contributed by atoms with Crippen LogP contribution in [0.15, 0.2) is 42.5 Å². The lowest BCUT2D eigenvalue weighted by Gasteiger charge is -2.16. The van der Waals surface area contributed by atoms with E-state index < -0.39 is 17.5 Å². The van der Waals surface area contributed by atoms with Crippen molar-refractivity contribution in [2.75, 3.05) is 18.1 Å². The Morgan fingerprint density at radius 1 is 1.15 bits per heavy atom. The van der Waals surface area contributed by atoms with E-state index in [1.54, 1.807) is 4.90 Å². The molecule has 1 heterocycles. The molecule has 0 bridgehead atoms. The minimum atomic E-state index is -0.857. The van der Waals surface area contributed by atoms with E-state index in [1.165, 1.54) is 0 Å². The first-order chi connectivity index (χ1) is 12.5. The third kappa shape index (κ3) is 4.36. The Balaban J connectivity index is 1.47. The zero-order valence-electron chi connectivity index (χ0n) is 14.0. The summed E-state index contributed by atoms with van der Waals surface area (Å²) in [6.45, 7) is 0.636. The fourth-order valence-electron chi connectivity index (χ4n) is 2.70. The maximum Gasteiger partial charge on any atom is 0.258 e. The van der Waals surface area contributed by atoms with Gasteiger partial charge in [0.1, 0.15) is 5.82 Å². The van der Waals surface area contributed by atoms with Gasteiger partial charge in [-0.3, -0.25) is 9.59 Å². The minimum Gasteiger partial charge on any atom is -0.481 e. The number of nitrogens with one attached hydrogen (secondary N) is 1. The third-order valence-electron chi connectivity index (χ3n) is 4.06. The van der Waals surface area contributed by atoms with E-state index in [0.717, 1.165) is 36.3 Å². The van der Waals surface area contributed by atoms with Gasteiger partial charge >= 0.3 is 0 Å². The van der Waals surface area contributed by atoms with E-state index >= 15 is 0 Å². The number of hydrogen-bond donors (Lipinski definition) is 1. The highest BCUT2D eigenvalue weighted by Crippen LogP contribution is 2.21. The molecule has 1 aliphatic heterocycles. The largest absolute Gasteiger partial charge is 0.481 e. The van der Waals surface area contributed by atoms with Gasteiger partial charge in [-0.15, -0.1) is 0 Å². The molecule has 2 amide bonds. The molecule has 7 heteroatoms. The standard InChI is InChI=1S/C19H18F2N2O3/c20-14-5-8-17(16(21)10-14)26-12-18(24)22-11-13-3-6-15(7-4-13)23-9-1-2-19(23)25/h3-8,10H,1-2,9,11-12H2,(H,22,24). The molecule has 5 nitrogen and oxygen atoms in total. The number of halogens is 2. The third-order valence-corrected chi connectivity index (χ3v) is 4.06. The van der Waals surface area contributed by atoms with Gasteiger partial charge in [0.15, 0.2) is 18.2 Å². The number of rotatable bonds is 6. The van der Waals surface area contributed by atoms with E-state index in [1.807, 2.05) is 24.3 Å². The topological polar surface area (TPSA) is 58.6 Å². The molecule has 1 N–H and O–H groups in total. The van der Waals surface area contributed by atoms with Crippen LogP contribution in [0, 0.1) is 11.6 Å². The molecule has 0 aromatic heterocycles. The zero-order chi connectivity index (χ0) is 18.5. The zero-order valence-corrected chi connectivity index (χ0v) is 14.0. The van der Waals surface area contributed by atoms with Gasteiger partial charge in [0.2, 0.25) is 5.91 Å². The van der Waals surface area contributed by atoms with Crippen LogP contribution in [0.2, 0.25) is 0 Å². The van der Waals surface area contributed by atoms with Crippen LogP contribution in [0.1, 0.15) is 18.4 Å². The Hall–Kier alpha value is -2.96. The van der Waals surface area contributed by atoms with Gasteiger partial charge in [0, 0.05) is 31.3 Å². The summed E-state index contributed by atoms with van der Waals surface area (Å²) in [5.74, 6) is -2.05. The fourth-order valence-corrected chi connectivity index (χ4v) is 2.70. The predicted molar refractivity (Wildman–Crippen MR) is 91.7 cm³/mol. The average Bonchev–Trinajstić information content (AvgIpc) is 3.05. The quantitative estimate of drug-likeness (QED) is 0.862. The SMILES string of the molecule is O=C(COc1ccc(F)cc1F)NCc1ccc(N2CCCC2=O)cc1. The summed E-state index contributed by atoms with van der Waals surface area (Å²) in [5, 5.41) is 2.66. The minimum absolute atomic E-state index is 0.122. The van der Waals surface area contributed by atoms with Crippen LogP contribution in [0.3, 0.4) is 0 Å². The van der Waals surface area contributed by atoms with Crippen molar-refractivity contribution < 1.29 is 23.1 Å². The van der Waals surface area contributed by atoms with Gasteiger partial charge in [0.05, 0.1) is 0 Å². The normalized spacial score (nSPS) is 13.8. The van der Waals surface area contributed by atoms with Crippen LogP contribution in [0.4, 0.5) is 14.5 Å². The Bertz CT molecular complexity index is 809. The second-order valence-electron chi connectivity index (χ2n) is 5.96. The molecule has 1 aliphatic rings. The summed E-state index contributed by atoms with van der Waals surface area (Å²) in [5.41, 5.74) is 1.71. The van der Waals surface area contributed by atoms with E-state index in [4.69, 9.17) is 4.74 Å². The highest BCUT2D eigenvalue weighted by atomic mass is 19.1. The molecule has 26 heavy (non-hydrogen) atoms. The Morgan fingerprint density at radius 2 is 1.92 bits per heavy atom. The number of carbonyl (C=O) groups excluding carboxylic acids is 2. The van der Waals surface area contributed by atoms with Crippen LogP contribution in [-0.2, 0) is 16.1 Å². The second kappa shape index (κ2) is 7.95. The van der Waals surface area contributed by atoms with E-state index in [-0.39, 0.29) is 24.8 Å². The van der Waals surface area contributed by atoms with Crippen LogP contribution >= 0.6 is 0 Å². The number of carbonyl (C=O) groups is 2. The summed E-state index contributed by atoms with van der Waals surface area (Å²) in [6, 6.07) is 10.2. The Kier molecular flexibility index (Phi) is 5.46. The van der Waals surface area contributed by atoms with Crippen molar-refractivity contribution in [1.82, 2.24) is 5.32 Å². The maximum atomic E-state index is 13.4. The van der Waals surface area contributed by atoms with Gasteiger partial charge in [-0.05, 0) is 36.2 Å². The molecule has 0 saturated carbocycles. The molecule has 0 aliphatic carbocycles. The second-order valence-corrected chi connectivity index (χ2v) is 5.96. The number of amides is 2. The average molecular weight is 360 g/mol. The van der Waals surface area contributed by atoms with Crippen LogP contribution < -0.4 is 15.0 Å². The molecule has 0 radical (unpaired) electrons. The van der Waals surface area contributed by atoms with Crippen LogP contribution in [0.25, 0.3) is 0 Å².